The molecule has 2 aliphatic heterocycles. The molecule has 2 atom stereocenters. The van der Waals surface area contributed by atoms with Gasteiger partial charge in [0.2, 0.25) is 0 Å². The number of fused-ring (bicyclic) bond motifs is 1. The minimum atomic E-state index is 0.311. The summed E-state index contributed by atoms with van der Waals surface area (Å²) in [5, 5.41) is 0. The number of aromatic nitrogens is 2. The first kappa shape index (κ1) is 11.1. The van der Waals surface area contributed by atoms with Gasteiger partial charge in [0.15, 0.2) is 0 Å². The van der Waals surface area contributed by atoms with Crippen LogP contribution < -0.4 is 5.73 Å². The number of nitrogens with two attached hydrogens (primary N) is 1. The summed E-state index contributed by atoms with van der Waals surface area (Å²) in [4.78, 5) is 4.72. The zero-order chi connectivity index (χ0) is 11.1. The summed E-state index contributed by atoms with van der Waals surface area (Å²) in [6.45, 7) is 1.05. The minimum Gasteiger partial charge on any atom is -0.331 e. The van der Waals surface area contributed by atoms with E-state index in [9.17, 15) is 0 Å². The summed E-state index contributed by atoms with van der Waals surface area (Å²) >= 11 is 5.63. The third-order valence-electron chi connectivity index (χ3n) is 3.53. The van der Waals surface area contributed by atoms with Crippen molar-refractivity contribution < 1.29 is 0 Å². The van der Waals surface area contributed by atoms with Crippen LogP contribution in [-0.2, 0) is 13.0 Å². The Morgan fingerprint density at radius 2 is 2.31 bits per heavy atom. The Labute approximate surface area is 108 Å². The molecule has 3 rings (SSSR count). The van der Waals surface area contributed by atoms with Crippen LogP contribution in [0.4, 0.5) is 0 Å². The highest BCUT2D eigenvalue weighted by atomic mass is 79.9. The van der Waals surface area contributed by atoms with Gasteiger partial charge in [0, 0.05) is 30.7 Å². The molecule has 2 N–H and O–H groups in total. The number of hydrogen-bond acceptors (Lipinski definition) is 3. The second kappa shape index (κ2) is 4.35. The van der Waals surface area contributed by atoms with Crippen molar-refractivity contribution in [2.45, 2.75) is 37.8 Å². The normalized spacial score (nSPS) is 29.4. The zero-order valence-corrected chi connectivity index (χ0v) is 11.6. The topological polar surface area (TPSA) is 43.8 Å². The Morgan fingerprint density at radius 3 is 3.06 bits per heavy atom. The van der Waals surface area contributed by atoms with Gasteiger partial charge in [-0.25, -0.2) is 4.98 Å². The Morgan fingerprint density at radius 1 is 1.44 bits per heavy atom. The maximum atomic E-state index is 6.02. The molecule has 3 heterocycles. The molecular weight excluding hydrogens is 286 g/mol. The summed E-state index contributed by atoms with van der Waals surface area (Å²) < 4.78 is 3.43. The SMILES string of the molecule is NC1CCn2c(C3CCSC3)nc(Br)c2C1. The maximum Gasteiger partial charge on any atom is 0.127 e. The monoisotopic (exact) mass is 301 g/mol. The van der Waals surface area contributed by atoms with Crippen LogP contribution in [0.5, 0.6) is 0 Å². The smallest absolute Gasteiger partial charge is 0.127 e. The molecule has 1 aromatic heterocycles. The van der Waals surface area contributed by atoms with Crippen LogP contribution in [0, 0.1) is 0 Å². The summed E-state index contributed by atoms with van der Waals surface area (Å²) in [6, 6.07) is 0.311. The van der Waals surface area contributed by atoms with Gasteiger partial charge in [0.1, 0.15) is 10.4 Å². The molecule has 16 heavy (non-hydrogen) atoms. The molecule has 1 saturated heterocycles. The highest BCUT2D eigenvalue weighted by Crippen LogP contribution is 2.35. The molecule has 0 aromatic carbocycles. The molecule has 2 aliphatic rings. The lowest BCUT2D eigenvalue weighted by Gasteiger charge is -2.23. The highest BCUT2D eigenvalue weighted by Gasteiger charge is 2.28. The molecule has 88 valence electrons. The van der Waals surface area contributed by atoms with Crippen molar-refractivity contribution in [3.8, 4) is 0 Å². The third kappa shape index (κ3) is 1.83. The molecule has 0 bridgehead atoms. The highest BCUT2D eigenvalue weighted by molar-refractivity contribution is 9.10. The average molecular weight is 302 g/mol. The number of imidazole rings is 1. The molecular formula is C11H16BrN3S. The van der Waals surface area contributed by atoms with Crippen LogP contribution in [-0.4, -0.2) is 27.1 Å². The third-order valence-corrected chi connectivity index (χ3v) is 5.32. The van der Waals surface area contributed by atoms with Crippen molar-refractivity contribution in [1.82, 2.24) is 9.55 Å². The molecule has 0 spiro atoms. The number of nitrogens with zero attached hydrogens (tertiary/aromatic N) is 2. The molecule has 0 saturated carbocycles. The van der Waals surface area contributed by atoms with Gasteiger partial charge in [0.05, 0.1) is 5.69 Å². The van der Waals surface area contributed by atoms with Crippen LogP contribution >= 0.6 is 27.7 Å². The first-order chi connectivity index (χ1) is 7.75. The summed E-state index contributed by atoms with van der Waals surface area (Å²) in [5.41, 5.74) is 7.33. The van der Waals surface area contributed by atoms with Gasteiger partial charge in [-0.05, 0) is 34.5 Å². The lowest BCUT2D eigenvalue weighted by Crippen LogP contribution is -2.31. The predicted octanol–water partition coefficient (Wildman–Crippen LogP) is 2.14. The zero-order valence-electron chi connectivity index (χ0n) is 9.16. The Kier molecular flexibility index (Phi) is 3.02. The molecule has 2 unspecified atom stereocenters. The largest absolute Gasteiger partial charge is 0.331 e. The van der Waals surface area contributed by atoms with E-state index in [2.05, 4.69) is 20.5 Å². The summed E-state index contributed by atoms with van der Waals surface area (Å²) in [5.74, 6) is 4.46. The number of hydrogen-bond donors (Lipinski definition) is 1. The number of rotatable bonds is 1. The van der Waals surface area contributed by atoms with Gasteiger partial charge < -0.3 is 10.3 Å². The summed E-state index contributed by atoms with van der Waals surface area (Å²) in [7, 11) is 0. The number of thioether (sulfide) groups is 1. The van der Waals surface area contributed by atoms with E-state index in [1.54, 1.807) is 0 Å². The molecule has 1 aromatic rings. The average Bonchev–Trinajstić information content (AvgIpc) is 2.87. The van der Waals surface area contributed by atoms with Gasteiger partial charge in [-0.1, -0.05) is 0 Å². The Bertz CT molecular complexity index is 398. The molecule has 5 heteroatoms. The van der Waals surface area contributed by atoms with E-state index in [-0.39, 0.29) is 0 Å². The molecule has 1 fully saturated rings. The van der Waals surface area contributed by atoms with Crippen molar-refractivity contribution in [2.75, 3.05) is 11.5 Å². The standard InChI is InChI=1S/C11H16BrN3S/c12-10-9-5-8(13)1-3-15(9)11(14-10)7-2-4-16-6-7/h7-8H,1-6,13H2. The van der Waals surface area contributed by atoms with E-state index < -0.39 is 0 Å². The molecule has 0 amide bonds. The van der Waals surface area contributed by atoms with Gasteiger partial charge in [0.25, 0.3) is 0 Å². The van der Waals surface area contributed by atoms with E-state index >= 15 is 0 Å². The molecule has 3 nitrogen and oxygen atoms in total. The number of halogens is 1. The first-order valence-electron chi connectivity index (χ1n) is 5.84. The lowest BCUT2D eigenvalue weighted by molar-refractivity contribution is 0.451. The second-order valence-electron chi connectivity index (χ2n) is 4.67. The summed E-state index contributed by atoms with van der Waals surface area (Å²) in [6.07, 6.45) is 3.33. The Hall–Kier alpha value is -0.0000000000000000555. The fourth-order valence-corrected chi connectivity index (χ4v) is 4.39. The minimum absolute atomic E-state index is 0.311. The maximum absolute atomic E-state index is 6.02. The molecule has 0 radical (unpaired) electrons. The van der Waals surface area contributed by atoms with Crippen LogP contribution in [0.1, 0.15) is 30.3 Å². The van der Waals surface area contributed by atoms with E-state index in [4.69, 9.17) is 10.7 Å². The van der Waals surface area contributed by atoms with Crippen LogP contribution in [0.2, 0.25) is 0 Å². The van der Waals surface area contributed by atoms with E-state index in [1.807, 2.05) is 11.8 Å². The Balaban J connectivity index is 1.97. The van der Waals surface area contributed by atoms with Gasteiger partial charge in [-0.3, -0.25) is 0 Å². The van der Waals surface area contributed by atoms with Crippen molar-refractivity contribution >= 4 is 27.7 Å². The quantitative estimate of drug-likeness (QED) is 0.864. The predicted molar refractivity (Wildman–Crippen MR) is 70.9 cm³/mol. The van der Waals surface area contributed by atoms with Crippen LogP contribution in [0.3, 0.4) is 0 Å². The van der Waals surface area contributed by atoms with E-state index in [0.29, 0.717) is 12.0 Å². The fourth-order valence-electron chi connectivity index (χ4n) is 2.61. The fraction of sp³-hybridized carbons (Fsp3) is 0.727. The van der Waals surface area contributed by atoms with Gasteiger partial charge >= 0.3 is 0 Å². The van der Waals surface area contributed by atoms with Crippen LogP contribution in [0.15, 0.2) is 4.60 Å². The van der Waals surface area contributed by atoms with Gasteiger partial charge in [-0.2, -0.15) is 11.8 Å². The van der Waals surface area contributed by atoms with Crippen molar-refractivity contribution in [2.24, 2.45) is 5.73 Å². The van der Waals surface area contributed by atoms with Crippen molar-refractivity contribution in [3.05, 3.63) is 16.1 Å². The van der Waals surface area contributed by atoms with E-state index in [0.717, 1.165) is 24.0 Å². The van der Waals surface area contributed by atoms with Gasteiger partial charge in [-0.15, -0.1) is 0 Å². The van der Waals surface area contributed by atoms with Crippen molar-refractivity contribution in [3.63, 3.8) is 0 Å². The first-order valence-corrected chi connectivity index (χ1v) is 7.78. The lowest BCUT2D eigenvalue weighted by atomic mass is 10.0. The molecule has 0 aliphatic carbocycles. The van der Waals surface area contributed by atoms with Crippen LogP contribution in [0.25, 0.3) is 0 Å². The van der Waals surface area contributed by atoms with E-state index in [1.165, 1.54) is 29.4 Å². The second-order valence-corrected chi connectivity index (χ2v) is 6.57. The van der Waals surface area contributed by atoms with Crippen molar-refractivity contribution in [1.29, 1.82) is 0 Å².